The number of aliphatic hydroxyl groups excluding tert-OH is 1. The summed E-state index contributed by atoms with van der Waals surface area (Å²) < 4.78 is 0. The van der Waals surface area contributed by atoms with Crippen molar-refractivity contribution >= 4 is 11.6 Å². The van der Waals surface area contributed by atoms with Gasteiger partial charge in [0.1, 0.15) is 0 Å². The van der Waals surface area contributed by atoms with E-state index in [1.165, 1.54) is 11.1 Å². The lowest BCUT2D eigenvalue weighted by molar-refractivity contribution is 0.0764. The lowest BCUT2D eigenvalue weighted by atomic mass is 9.99. The van der Waals surface area contributed by atoms with Crippen molar-refractivity contribution < 1.29 is 5.11 Å². The van der Waals surface area contributed by atoms with Gasteiger partial charge in [0.25, 0.3) is 0 Å². The molecule has 0 aliphatic carbocycles. The molecule has 138 valence electrons. The van der Waals surface area contributed by atoms with Gasteiger partial charge in [-0.25, -0.2) is 0 Å². The third-order valence-corrected chi connectivity index (χ3v) is 5.84. The van der Waals surface area contributed by atoms with Crippen LogP contribution in [-0.2, 0) is 0 Å². The molecule has 1 saturated heterocycles. The highest BCUT2D eigenvalue weighted by molar-refractivity contribution is 6.30. The van der Waals surface area contributed by atoms with Crippen LogP contribution in [0.15, 0.2) is 84.9 Å². The Morgan fingerprint density at radius 3 is 1.85 bits per heavy atom. The van der Waals surface area contributed by atoms with Gasteiger partial charge in [0, 0.05) is 17.1 Å². The zero-order chi connectivity index (χ0) is 18.6. The summed E-state index contributed by atoms with van der Waals surface area (Å²) in [6, 6.07) is 29.6. The molecule has 4 rings (SSSR count). The van der Waals surface area contributed by atoms with Gasteiger partial charge in [-0.15, -0.1) is 0 Å². The predicted molar refractivity (Wildman–Crippen MR) is 111 cm³/mol. The van der Waals surface area contributed by atoms with E-state index in [9.17, 15) is 5.11 Å². The maximum absolute atomic E-state index is 10.4. The summed E-state index contributed by atoms with van der Waals surface area (Å²) in [7, 11) is 0. The fourth-order valence-electron chi connectivity index (χ4n) is 4.35. The zero-order valence-corrected chi connectivity index (χ0v) is 16.0. The molecule has 1 aliphatic rings. The number of nitrogens with zero attached hydrogens (tertiary/aromatic N) is 1. The summed E-state index contributed by atoms with van der Waals surface area (Å²) in [5.74, 6) is 0. The summed E-state index contributed by atoms with van der Waals surface area (Å²) in [6.07, 6.45) is 2.13. The molecule has 2 nitrogen and oxygen atoms in total. The highest BCUT2D eigenvalue weighted by Crippen LogP contribution is 2.48. The van der Waals surface area contributed by atoms with Crippen LogP contribution in [0.1, 0.15) is 47.7 Å². The lowest BCUT2D eigenvalue weighted by Crippen LogP contribution is -2.33. The lowest BCUT2D eigenvalue weighted by Gasteiger charge is -2.37. The molecule has 0 amide bonds. The Morgan fingerprint density at radius 2 is 1.30 bits per heavy atom. The number of aliphatic hydroxyl groups is 1. The SMILES string of the molecule is OC[C@@H](c1ccccc1)N1[C@@H](c2ccccc2)CC[C@@H]1c1ccc(Cl)cc1. The van der Waals surface area contributed by atoms with Crippen LogP contribution in [0.3, 0.4) is 0 Å². The Kier molecular flexibility index (Phi) is 5.58. The molecule has 3 atom stereocenters. The first-order chi connectivity index (χ1) is 13.3. The number of likely N-dealkylation sites (tertiary alicyclic amines) is 1. The number of rotatable bonds is 5. The molecule has 0 radical (unpaired) electrons. The van der Waals surface area contributed by atoms with Crippen LogP contribution >= 0.6 is 11.6 Å². The number of halogens is 1. The van der Waals surface area contributed by atoms with E-state index < -0.39 is 0 Å². The minimum Gasteiger partial charge on any atom is -0.394 e. The van der Waals surface area contributed by atoms with Crippen LogP contribution < -0.4 is 0 Å². The van der Waals surface area contributed by atoms with Gasteiger partial charge in [0.2, 0.25) is 0 Å². The maximum Gasteiger partial charge on any atom is 0.0629 e. The summed E-state index contributed by atoms with van der Waals surface area (Å²) in [4.78, 5) is 2.49. The standard InChI is InChI=1S/C24H24ClNO/c25-21-13-11-20(12-14-21)23-16-15-22(18-7-3-1-4-8-18)26(23)24(17-27)19-9-5-2-6-10-19/h1-14,22-24,27H,15-17H2/t22-,23-,24+/m1/s1. The molecule has 1 N–H and O–H groups in total. The minimum absolute atomic E-state index is 0.0421. The van der Waals surface area contributed by atoms with Gasteiger partial charge in [0.15, 0.2) is 0 Å². The van der Waals surface area contributed by atoms with Gasteiger partial charge >= 0.3 is 0 Å². The van der Waals surface area contributed by atoms with Gasteiger partial charge in [-0.2, -0.15) is 0 Å². The van der Waals surface area contributed by atoms with E-state index in [0.29, 0.717) is 0 Å². The fraction of sp³-hybridized carbons (Fsp3) is 0.250. The van der Waals surface area contributed by atoms with Crippen LogP contribution in [0.25, 0.3) is 0 Å². The molecule has 27 heavy (non-hydrogen) atoms. The second-order valence-corrected chi connectivity index (χ2v) is 7.56. The highest BCUT2D eigenvalue weighted by Gasteiger charge is 2.39. The molecule has 0 unspecified atom stereocenters. The Balaban J connectivity index is 1.76. The van der Waals surface area contributed by atoms with Crippen LogP contribution in [0, 0.1) is 0 Å². The van der Waals surface area contributed by atoms with Crippen molar-refractivity contribution in [2.24, 2.45) is 0 Å². The average molecular weight is 378 g/mol. The Morgan fingerprint density at radius 1 is 0.778 bits per heavy atom. The normalized spacial score (nSPS) is 21.3. The molecule has 3 aromatic rings. The van der Waals surface area contributed by atoms with E-state index >= 15 is 0 Å². The predicted octanol–water partition coefficient (Wildman–Crippen LogP) is 5.95. The molecule has 1 heterocycles. The van der Waals surface area contributed by atoms with Gasteiger partial charge < -0.3 is 5.11 Å². The Labute approximate surface area is 166 Å². The summed E-state index contributed by atoms with van der Waals surface area (Å²) in [5, 5.41) is 11.1. The molecule has 3 aromatic carbocycles. The summed E-state index contributed by atoms with van der Waals surface area (Å²) >= 11 is 6.11. The van der Waals surface area contributed by atoms with Crippen molar-refractivity contribution in [1.82, 2.24) is 4.90 Å². The Bertz CT molecular complexity index is 851. The van der Waals surface area contributed by atoms with Crippen molar-refractivity contribution in [2.45, 2.75) is 31.0 Å². The van der Waals surface area contributed by atoms with Crippen molar-refractivity contribution in [3.8, 4) is 0 Å². The van der Waals surface area contributed by atoms with E-state index in [-0.39, 0.29) is 24.7 Å². The first-order valence-corrected chi connectivity index (χ1v) is 9.89. The summed E-state index contributed by atoms with van der Waals surface area (Å²) in [5.41, 5.74) is 3.72. The molecule has 0 saturated carbocycles. The van der Waals surface area contributed by atoms with Crippen molar-refractivity contribution in [2.75, 3.05) is 6.61 Å². The highest BCUT2D eigenvalue weighted by atomic mass is 35.5. The molecular weight excluding hydrogens is 354 g/mol. The minimum atomic E-state index is -0.0421. The van der Waals surface area contributed by atoms with Crippen LogP contribution in [0.5, 0.6) is 0 Å². The van der Waals surface area contributed by atoms with Crippen molar-refractivity contribution in [3.63, 3.8) is 0 Å². The molecule has 0 aromatic heterocycles. The number of benzene rings is 3. The molecule has 0 bridgehead atoms. The van der Waals surface area contributed by atoms with Crippen molar-refractivity contribution in [3.05, 3.63) is 107 Å². The smallest absolute Gasteiger partial charge is 0.0629 e. The largest absolute Gasteiger partial charge is 0.394 e. The average Bonchev–Trinajstić information content (AvgIpc) is 3.15. The van der Waals surface area contributed by atoms with E-state index in [1.807, 2.05) is 30.3 Å². The van der Waals surface area contributed by atoms with Crippen LogP contribution in [0.4, 0.5) is 0 Å². The number of hydrogen-bond donors (Lipinski definition) is 1. The van der Waals surface area contributed by atoms with Crippen LogP contribution in [-0.4, -0.2) is 16.6 Å². The van der Waals surface area contributed by atoms with Gasteiger partial charge in [-0.05, 0) is 41.7 Å². The second-order valence-electron chi connectivity index (χ2n) is 7.13. The van der Waals surface area contributed by atoms with Gasteiger partial charge in [-0.3, -0.25) is 4.90 Å². The Hall–Kier alpha value is -2.13. The topological polar surface area (TPSA) is 23.5 Å². The van der Waals surface area contributed by atoms with Crippen molar-refractivity contribution in [1.29, 1.82) is 0 Å². The third kappa shape index (κ3) is 3.79. The second kappa shape index (κ2) is 8.26. The molecule has 1 fully saturated rings. The quantitative estimate of drug-likeness (QED) is 0.593. The molecular formula is C24H24ClNO. The molecule has 3 heteroatoms. The van der Waals surface area contributed by atoms with E-state index in [0.717, 1.165) is 23.4 Å². The fourth-order valence-corrected chi connectivity index (χ4v) is 4.48. The third-order valence-electron chi connectivity index (χ3n) is 5.59. The molecule has 1 aliphatic heterocycles. The van der Waals surface area contributed by atoms with E-state index in [4.69, 9.17) is 11.6 Å². The molecule has 0 spiro atoms. The van der Waals surface area contributed by atoms with E-state index in [2.05, 4.69) is 59.5 Å². The van der Waals surface area contributed by atoms with Gasteiger partial charge in [-0.1, -0.05) is 84.4 Å². The summed E-state index contributed by atoms with van der Waals surface area (Å²) in [6.45, 7) is 0.0947. The van der Waals surface area contributed by atoms with Crippen LogP contribution in [0.2, 0.25) is 5.02 Å². The monoisotopic (exact) mass is 377 g/mol. The van der Waals surface area contributed by atoms with Gasteiger partial charge in [0.05, 0.1) is 12.6 Å². The zero-order valence-electron chi connectivity index (χ0n) is 15.2. The first kappa shape index (κ1) is 18.2. The number of hydrogen-bond acceptors (Lipinski definition) is 2. The van der Waals surface area contributed by atoms with E-state index in [1.54, 1.807) is 0 Å². The first-order valence-electron chi connectivity index (χ1n) is 9.51. The maximum atomic E-state index is 10.4.